The van der Waals surface area contributed by atoms with Gasteiger partial charge in [-0.1, -0.05) is 18.2 Å². The molecule has 0 saturated carbocycles. The van der Waals surface area contributed by atoms with Gasteiger partial charge < -0.3 is 0 Å². The fourth-order valence-corrected chi connectivity index (χ4v) is 1.85. The van der Waals surface area contributed by atoms with Crippen LogP contribution in [0.5, 0.6) is 0 Å². The average Bonchev–Trinajstić information content (AvgIpc) is 2.72. The highest BCUT2D eigenvalue weighted by molar-refractivity contribution is 5.70. The molecule has 1 aromatic carbocycles. The van der Waals surface area contributed by atoms with Crippen LogP contribution in [-0.4, -0.2) is 19.5 Å². The molecule has 0 bridgehead atoms. The zero-order chi connectivity index (χ0) is 12.7. The number of hydrogen-bond donors (Lipinski definition) is 3. The summed E-state index contributed by atoms with van der Waals surface area (Å²) in [5, 5.41) is 0. The van der Waals surface area contributed by atoms with Gasteiger partial charge in [-0.3, -0.25) is 19.7 Å². The number of fused-ring (bicyclic) bond motifs is 1. The van der Waals surface area contributed by atoms with Crippen LogP contribution in [0, 0.1) is 0 Å². The summed E-state index contributed by atoms with van der Waals surface area (Å²) in [5.41, 5.74) is -1.01. The molecule has 3 aromatic rings. The molecule has 0 unspecified atom stereocenters. The van der Waals surface area contributed by atoms with Gasteiger partial charge in [0.05, 0.1) is 5.69 Å². The molecule has 0 aliphatic carbocycles. The number of hydrogen-bond acceptors (Lipinski definition) is 3. The fourth-order valence-electron chi connectivity index (χ4n) is 1.85. The molecule has 0 spiro atoms. The largest absolute Gasteiger partial charge is 0.334 e. The van der Waals surface area contributed by atoms with E-state index in [2.05, 4.69) is 15.0 Å². The van der Waals surface area contributed by atoms with Gasteiger partial charge >= 0.3 is 11.4 Å². The van der Waals surface area contributed by atoms with Crippen LogP contribution >= 0.6 is 0 Å². The van der Waals surface area contributed by atoms with Crippen molar-refractivity contribution in [1.82, 2.24) is 19.5 Å². The van der Waals surface area contributed by atoms with Gasteiger partial charge in [-0.15, -0.1) is 0 Å². The maximum Gasteiger partial charge on any atom is 0.334 e. The summed E-state index contributed by atoms with van der Waals surface area (Å²) in [7, 11) is 0. The lowest BCUT2D eigenvalue weighted by atomic mass is 10.3. The molecule has 0 saturated heterocycles. The number of rotatable bonds is 1. The molecular formula is C11H8N4O3. The van der Waals surface area contributed by atoms with Crippen molar-refractivity contribution < 1.29 is 0 Å². The minimum absolute atomic E-state index is 0.0449. The molecule has 0 fully saturated rings. The highest BCUT2D eigenvalue weighted by Gasteiger charge is 2.11. The van der Waals surface area contributed by atoms with Crippen molar-refractivity contribution in [3.8, 4) is 5.69 Å². The second-order valence-electron chi connectivity index (χ2n) is 3.73. The maximum absolute atomic E-state index is 11.8. The lowest BCUT2D eigenvalue weighted by Crippen LogP contribution is -2.29. The zero-order valence-electron chi connectivity index (χ0n) is 9.06. The predicted octanol–water partition coefficient (Wildman–Crippen LogP) is -0.305. The molecule has 0 aliphatic heterocycles. The number of H-pyrrole nitrogens is 3. The zero-order valence-corrected chi connectivity index (χ0v) is 9.06. The molecule has 7 nitrogen and oxygen atoms in total. The summed E-state index contributed by atoms with van der Waals surface area (Å²) in [4.78, 5) is 41.6. The quantitative estimate of drug-likeness (QED) is 0.547. The Labute approximate surface area is 98.7 Å². The Balaban J connectivity index is 2.54. The van der Waals surface area contributed by atoms with Crippen molar-refractivity contribution in [3.05, 3.63) is 61.7 Å². The van der Waals surface area contributed by atoms with Crippen molar-refractivity contribution in [1.29, 1.82) is 0 Å². The van der Waals surface area contributed by atoms with Gasteiger partial charge in [0.15, 0.2) is 11.2 Å². The molecule has 2 aromatic heterocycles. The number of aromatic amines is 3. The number of para-hydroxylation sites is 1. The maximum atomic E-state index is 11.8. The first-order valence-electron chi connectivity index (χ1n) is 5.19. The molecule has 90 valence electrons. The van der Waals surface area contributed by atoms with Crippen LogP contribution < -0.4 is 16.9 Å². The predicted molar refractivity (Wildman–Crippen MR) is 65.1 cm³/mol. The Bertz CT molecular complexity index is 882. The summed E-state index contributed by atoms with van der Waals surface area (Å²) in [6, 6.07) is 8.71. The average molecular weight is 244 g/mol. The molecule has 7 heteroatoms. The van der Waals surface area contributed by atoms with E-state index in [4.69, 9.17) is 0 Å². The molecule has 3 rings (SSSR count). The Morgan fingerprint density at radius 3 is 2.33 bits per heavy atom. The molecule has 18 heavy (non-hydrogen) atoms. The highest BCUT2D eigenvalue weighted by Crippen LogP contribution is 2.07. The lowest BCUT2D eigenvalue weighted by Gasteiger charge is -2.05. The van der Waals surface area contributed by atoms with E-state index in [9.17, 15) is 14.4 Å². The SMILES string of the molecule is O=c1[nH]c2c(=O)[nH]c(=O)n(-c3ccccc3)c2[nH]1. The van der Waals surface area contributed by atoms with Crippen LogP contribution in [0.3, 0.4) is 0 Å². The van der Waals surface area contributed by atoms with Crippen molar-refractivity contribution >= 4 is 11.2 Å². The van der Waals surface area contributed by atoms with E-state index >= 15 is 0 Å². The van der Waals surface area contributed by atoms with Crippen LogP contribution in [0.15, 0.2) is 44.7 Å². The van der Waals surface area contributed by atoms with Gasteiger partial charge in [-0.2, -0.15) is 0 Å². The Morgan fingerprint density at radius 1 is 0.889 bits per heavy atom. The summed E-state index contributed by atoms with van der Waals surface area (Å²) >= 11 is 0. The van der Waals surface area contributed by atoms with Crippen LogP contribution in [0.1, 0.15) is 0 Å². The Kier molecular flexibility index (Phi) is 2.06. The highest BCUT2D eigenvalue weighted by atomic mass is 16.2. The van der Waals surface area contributed by atoms with Crippen molar-refractivity contribution in [2.75, 3.05) is 0 Å². The van der Waals surface area contributed by atoms with Crippen molar-refractivity contribution in [2.24, 2.45) is 0 Å². The molecule has 0 atom stereocenters. The second-order valence-corrected chi connectivity index (χ2v) is 3.73. The summed E-state index contributed by atoms with van der Waals surface area (Å²) in [6.45, 7) is 0. The topological polar surface area (TPSA) is 104 Å². The monoisotopic (exact) mass is 244 g/mol. The third-order valence-electron chi connectivity index (χ3n) is 2.60. The summed E-state index contributed by atoms with van der Waals surface area (Å²) in [6.07, 6.45) is 0. The molecule has 3 N–H and O–H groups in total. The minimum Gasteiger partial charge on any atom is -0.300 e. The molecule has 0 aliphatic rings. The third kappa shape index (κ3) is 1.41. The van der Waals surface area contributed by atoms with Crippen LogP contribution in [0.2, 0.25) is 0 Å². The number of aromatic nitrogens is 4. The number of nitrogens with one attached hydrogen (secondary N) is 3. The van der Waals surface area contributed by atoms with E-state index in [1.807, 2.05) is 0 Å². The number of imidazole rings is 1. The third-order valence-corrected chi connectivity index (χ3v) is 2.60. The van der Waals surface area contributed by atoms with Gasteiger partial charge in [0.1, 0.15) is 0 Å². The van der Waals surface area contributed by atoms with E-state index in [-0.39, 0.29) is 11.2 Å². The van der Waals surface area contributed by atoms with Crippen molar-refractivity contribution in [3.63, 3.8) is 0 Å². The fraction of sp³-hybridized carbons (Fsp3) is 0. The van der Waals surface area contributed by atoms with E-state index in [1.54, 1.807) is 30.3 Å². The second kappa shape index (κ2) is 3.59. The van der Waals surface area contributed by atoms with Gasteiger partial charge in [0.2, 0.25) is 0 Å². The molecule has 0 amide bonds. The smallest absolute Gasteiger partial charge is 0.300 e. The number of nitrogens with zero attached hydrogens (tertiary/aromatic N) is 1. The van der Waals surface area contributed by atoms with Gasteiger partial charge in [-0.05, 0) is 12.1 Å². The van der Waals surface area contributed by atoms with Crippen LogP contribution in [-0.2, 0) is 0 Å². The van der Waals surface area contributed by atoms with Crippen molar-refractivity contribution in [2.45, 2.75) is 0 Å². The normalized spacial score (nSPS) is 10.9. The molecular weight excluding hydrogens is 236 g/mol. The van der Waals surface area contributed by atoms with E-state index in [1.165, 1.54) is 4.57 Å². The van der Waals surface area contributed by atoms with E-state index in [0.29, 0.717) is 5.69 Å². The van der Waals surface area contributed by atoms with Crippen LogP contribution in [0.25, 0.3) is 16.9 Å². The van der Waals surface area contributed by atoms with Gasteiger partial charge in [0.25, 0.3) is 5.56 Å². The van der Waals surface area contributed by atoms with E-state index < -0.39 is 16.9 Å². The molecule has 0 radical (unpaired) electrons. The van der Waals surface area contributed by atoms with Crippen LogP contribution in [0.4, 0.5) is 0 Å². The Hall–Kier alpha value is -2.83. The number of benzene rings is 1. The lowest BCUT2D eigenvalue weighted by molar-refractivity contribution is 0.929. The first kappa shape index (κ1) is 10.3. The summed E-state index contributed by atoms with van der Waals surface area (Å²) < 4.78 is 1.23. The Morgan fingerprint density at radius 2 is 1.61 bits per heavy atom. The first-order chi connectivity index (χ1) is 8.66. The first-order valence-corrected chi connectivity index (χ1v) is 5.19. The standard InChI is InChI=1S/C11H8N4O3/c16-9-7-8(13-10(17)12-7)15(11(18)14-9)6-4-2-1-3-5-6/h1-5H,(H2,12,13,17)(H,14,16,18). The molecule has 2 heterocycles. The van der Waals surface area contributed by atoms with Gasteiger partial charge in [0, 0.05) is 0 Å². The minimum atomic E-state index is -0.625. The van der Waals surface area contributed by atoms with Gasteiger partial charge in [-0.25, -0.2) is 14.2 Å². The summed E-state index contributed by atoms with van der Waals surface area (Å²) in [5.74, 6) is 0. The van der Waals surface area contributed by atoms with E-state index in [0.717, 1.165) is 0 Å².